The molecule has 0 aromatic heterocycles. The zero-order chi connectivity index (χ0) is 13.5. The van der Waals surface area contributed by atoms with Crippen LogP contribution in [0.2, 0.25) is 0 Å². The number of amidine groups is 1. The van der Waals surface area contributed by atoms with Crippen LogP contribution < -0.4 is 11.5 Å². The number of nitrogens with two attached hydrogens (primary N) is 2. The third kappa shape index (κ3) is 2.10. The summed E-state index contributed by atoms with van der Waals surface area (Å²) in [6.07, 6.45) is 4.19. The molecule has 2 aliphatic rings. The van der Waals surface area contributed by atoms with Crippen LogP contribution >= 0.6 is 11.8 Å². The Morgan fingerprint density at radius 3 is 3.00 bits per heavy atom. The molecule has 0 bridgehead atoms. The molecule has 1 saturated carbocycles. The van der Waals surface area contributed by atoms with E-state index in [-0.39, 0.29) is 5.82 Å². The van der Waals surface area contributed by atoms with Crippen molar-refractivity contribution in [1.29, 1.82) is 0 Å². The molecule has 1 aromatic carbocycles. The topological polar surface area (TPSA) is 64.4 Å². The van der Waals surface area contributed by atoms with Gasteiger partial charge in [-0.3, -0.25) is 4.99 Å². The second-order valence-corrected chi connectivity index (χ2v) is 6.41. The normalized spacial score (nSPS) is 30.6. The first-order valence-corrected chi connectivity index (χ1v) is 7.64. The fraction of sp³-hybridized carbons (Fsp3) is 0.500. The summed E-state index contributed by atoms with van der Waals surface area (Å²) < 4.78 is 14.3. The van der Waals surface area contributed by atoms with E-state index in [9.17, 15) is 4.39 Å². The summed E-state index contributed by atoms with van der Waals surface area (Å²) in [7, 11) is 0. The first kappa shape index (κ1) is 12.8. The Kier molecular flexibility index (Phi) is 3.17. The van der Waals surface area contributed by atoms with E-state index in [2.05, 4.69) is 4.99 Å². The Balaban J connectivity index is 2.16. The number of benzene rings is 1. The molecule has 1 aliphatic heterocycles. The maximum absolute atomic E-state index is 14.3. The van der Waals surface area contributed by atoms with Crippen LogP contribution in [-0.2, 0) is 5.54 Å². The molecule has 102 valence electrons. The molecule has 1 aliphatic carbocycles. The molecule has 19 heavy (non-hydrogen) atoms. The monoisotopic (exact) mass is 279 g/mol. The lowest BCUT2D eigenvalue weighted by Crippen LogP contribution is -2.43. The van der Waals surface area contributed by atoms with Crippen LogP contribution in [0, 0.1) is 11.7 Å². The van der Waals surface area contributed by atoms with Gasteiger partial charge in [-0.05, 0) is 37.0 Å². The Bertz CT molecular complexity index is 531. The van der Waals surface area contributed by atoms with Gasteiger partial charge in [0.2, 0.25) is 0 Å². The van der Waals surface area contributed by atoms with Gasteiger partial charge in [-0.15, -0.1) is 0 Å². The van der Waals surface area contributed by atoms with Crippen molar-refractivity contribution < 1.29 is 4.39 Å². The fourth-order valence-electron chi connectivity index (χ4n) is 3.30. The van der Waals surface area contributed by atoms with E-state index in [0.29, 0.717) is 22.3 Å². The highest BCUT2D eigenvalue weighted by molar-refractivity contribution is 8.13. The number of hydrogen-bond acceptors (Lipinski definition) is 4. The van der Waals surface area contributed by atoms with Crippen LogP contribution in [0.1, 0.15) is 31.2 Å². The minimum absolute atomic E-state index is 0.218. The number of hydrogen-bond donors (Lipinski definition) is 2. The molecular weight excluding hydrogens is 261 g/mol. The van der Waals surface area contributed by atoms with E-state index in [0.717, 1.165) is 25.0 Å². The highest BCUT2D eigenvalue weighted by atomic mass is 32.2. The van der Waals surface area contributed by atoms with Gasteiger partial charge >= 0.3 is 0 Å². The molecule has 3 nitrogen and oxygen atoms in total. The van der Waals surface area contributed by atoms with Gasteiger partial charge < -0.3 is 11.5 Å². The minimum Gasteiger partial charge on any atom is -0.399 e. The average Bonchev–Trinajstić information content (AvgIpc) is 2.41. The highest BCUT2D eigenvalue weighted by Gasteiger charge is 2.46. The van der Waals surface area contributed by atoms with Crippen molar-refractivity contribution in [3.05, 3.63) is 29.6 Å². The third-order valence-corrected chi connectivity index (χ3v) is 5.19. The van der Waals surface area contributed by atoms with Crippen molar-refractivity contribution in [3.8, 4) is 0 Å². The van der Waals surface area contributed by atoms with Crippen LogP contribution in [0.15, 0.2) is 23.2 Å². The van der Waals surface area contributed by atoms with Gasteiger partial charge in [-0.25, -0.2) is 4.39 Å². The number of anilines is 1. The number of aliphatic imine (C=N–C) groups is 1. The Morgan fingerprint density at radius 2 is 2.16 bits per heavy atom. The largest absolute Gasteiger partial charge is 0.399 e. The number of thioether (sulfide) groups is 1. The summed E-state index contributed by atoms with van der Waals surface area (Å²) in [5, 5.41) is 0.569. The molecule has 1 fully saturated rings. The van der Waals surface area contributed by atoms with Gasteiger partial charge in [-0.2, -0.15) is 0 Å². The van der Waals surface area contributed by atoms with E-state index in [1.165, 1.54) is 12.5 Å². The molecule has 1 aromatic rings. The number of halogens is 1. The third-order valence-electron chi connectivity index (χ3n) is 4.23. The maximum atomic E-state index is 14.3. The summed E-state index contributed by atoms with van der Waals surface area (Å²) >= 11 is 1.58. The first-order valence-electron chi connectivity index (χ1n) is 6.65. The van der Waals surface area contributed by atoms with E-state index >= 15 is 0 Å². The zero-order valence-electron chi connectivity index (χ0n) is 10.7. The maximum Gasteiger partial charge on any atom is 0.154 e. The summed E-state index contributed by atoms with van der Waals surface area (Å²) in [6, 6.07) is 4.77. The molecule has 0 radical (unpaired) electrons. The number of nitrogens with zero attached hydrogens (tertiary/aromatic N) is 1. The summed E-state index contributed by atoms with van der Waals surface area (Å²) in [6.45, 7) is 0. The van der Waals surface area contributed by atoms with Crippen LogP contribution in [-0.4, -0.2) is 10.9 Å². The van der Waals surface area contributed by atoms with Gasteiger partial charge in [0.25, 0.3) is 0 Å². The number of fused-ring (bicyclic) bond motifs is 1. The van der Waals surface area contributed by atoms with Crippen molar-refractivity contribution in [2.75, 3.05) is 11.5 Å². The summed E-state index contributed by atoms with van der Waals surface area (Å²) in [5.74, 6) is 1.06. The van der Waals surface area contributed by atoms with Crippen LogP contribution in [0.5, 0.6) is 0 Å². The lowest BCUT2D eigenvalue weighted by molar-refractivity contribution is 0.206. The molecule has 0 saturated heterocycles. The fourth-order valence-corrected chi connectivity index (χ4v) is 4.34. The molecule has 3 rings (SSSR count). The summed E-state index contributed by atoms with van der Waals surface area (Å²) in [5.41, 5.74) is 12.5. The van der Waals surface area contributed by atoms with Gasteiger partial charge in [0.1, 0.15) is 5.82 Å². The summed E-state index contributed by atoms with van der Waals surface area (Å²) in [4.78, 5) is 4.67. The average molecular weight is 279 g/mol. The molecule has 5 heteroatoms. The molecule has 0 spiro atoms. The van der Waals surface area contributed by atoms with Gasteiger partial charge in [0, 0.05) is 17.0 Å². The smallest absolute Gasteiger partial charge is 0.154 e. The van der Waals surface area contributed by atoms with E-state index in [1.807, 2.05) is 0 Å². The van der Waals surface area contributed by atoms with Crippen molar-refractivity contribution in [3.63, 3.8) is 0 Å². The minimum atomic E-state index is -0.493. The lowest BCUT2D eigenvalue weighted by Gasteiger charge is -2.44. The van der Waals surface area contributed by atoms with Crippen molar-refractivity contribution in [2.45, 2.75) is 31.2 Å². The zero-order valence-corrected chi connectivity index (χ0v) is 11.5. The van der Waals surface area contributed by atoms with Gasteiger partial charge in [-0.1, -0.05) is 24.6 Å². The molecule has 2 unspecified atom stereocenters. The first-order chi connectivity index (χ1) is 9.12. The van der Waals surface area contributed by atoms with Gasteiger partial charge in [0.15, 0.2) is 5.17 Å². The van der Waals surface area contributed by atoms with E-state index < -0.39 is 5.54 Å². The molecule has 4 N–H and O–H groups in total. The van der Waals surface area contributed by atoms with Crippen LogP contribution in [0.4, 0.5) is 10.1 Å². The molecule has 0 amide bonds. The lowest BCUT2D eigenvalue weighted by atomic mass is 9.69. The van der Waals surface area contributed by atoms with Crippen LogP contribution in [0.3, 0.4) is 0 Å². The van der Waals surface area contributed by atoms with E-state index in [1.54, 1.807) is 23.9 Å². The van der Waals surface area contributed by atoms with Crippen LogP contribution in [0.25, 0.3) is 0 Å². The predicted octanol–water partition coefficient (Wildman–Crippen LogP) is 2.85. The number of rotatable bonds is 1. The quantitative estimate of drug-likeness (QED) is 0.777. The Labute approximate surface area is 116 Å². The predicted molar refractivity (Wildman–Crippen MR) is 78.5 cm³/mol. The Morgan fingerprint density at radius 1 is 1.32 bits per heavy atom. The van der Waals surface area contributed by atoms with Gasteiger partial charge in [0.05, 0.1) is 5.54 Å². The van der Waals surface area contributed by atoms with Crippen molar-refractivity contribution in [2.24, 2.45) is 16.6 Å². The SMILES string of the molecule is NC1=NC2(c3cc(N)ccc3F)CCCCC2CS1. The molecule has 2 atom stereocenters. The van der Waals surface area contributed by atoms with Crippen molar-refractivity contribution >= 4 is 22.6 Å². The number of nitrogen functional groups attached to an aromatic ring is 1. The van der Waals surface area contributed by atoms with Crippen molar-refractivity contribution in [1.82, 2.24) is 0 Å². The van der Waals surface area contributed by atoms with E-state index in [4.69, 9.17) is 11.5 Å². The molecule has 1 heterocycles. The molecular formula is C14H18FN3S. The Hall–Kier alpha value is -1.23. The standard InChI is InChI=1S/C14H18FN3S/c15-12-5-4-10(16)7-11(12)14-6-2-1-3-9(14)8-19-13(17)18-14/h4-5,7,9H,1-3,6,8,16H2,(H2,17,18). The second kappa shape index (κ2) is 4.71. The highest BCUT2D eigenvalue weighted by Crippen LogP contribution is 2.49. The second-order valence-electron chi connectivity index (χ2n) is 5.37.